The van der Waals surface area contributed by atoms with Crippen LogP contribution < -0.4 is 10.6 Å². The molecule has 200 valence electrons. The van der Waals surface area contributed by atoms with Gasteiger partial charge in [-0.1, -0.05) is 142 Å². The highest BCUT2D eigenvalue weighted by atomic mass is 15.2. The monoisotopic (exact) mass is 475 g/mol. The van der Waals surface area contributed by atoms with Crippen molar-refractivity contribution in [3.8, 4) is 0 Å². The topological polar surface area (TPSA) is 36.4 Å². The largest absolute Gasteiger partial charge is 0.354 e. The van der Waals surface area contributed by atoms with Crippen molar-refractivity contribution in [3.05, 3.63) is 0 Å². The van der Waals surface area contributed by atoms with E-state index in [0.29, 0.717) is 12.1 Å². The molecular formula is C31H61N3. The molecule has 0 aromatic rings. The molecule has 0 radical (unpaired) electrons. The van der Waals surface area contributed by atoms with Crippen LogP contribution in [0.15, 0.2) is 4.99 Å². The molecule has 2 saturated carbocycles. The number of nitrogens with zero attached hydrogens (tertiary/aromatic N) is 1. The Hall–Kier alpha value is -0.730. The molecular weight excluding hydrogens is 414 g/mol. The Kier molecular flexibility index (Phi) is 18.7. The fourth-order valence-electron chi connectivity index (χ4n) is 5.86. The lowest BCUT2D eigenvalue weighted by molar-refractivity contribution is 0.388. The zero-order chi connectivity index (χ0) is 23.9. The van der Waals surface area contributed by atoms with Crippen molar-refractivity contribution in [2.75, 3.05) is 6.54 Å². The van der Waals surface area contributed by atoms with E-state index < -0.39 is 0 Å². The van der Waals surface area contributed by atoms with E-state index in [1.165, 1.54) is 167 Å². The summed E-state index contributed by atoms with van der Waals surface area (Å²) in [6.07, 6.45) is 36.5. The first kappa shape index (κ1) is 29.5. The van der Waals surface area contributed by atoms with Crippen molar-refractivity contribution in [2.24, 2.45) is 4.99 Å². The second-order valence-electron chi connectivity index (χ2n) is 11.5. The minimum Gasteiger partial charge on any atom is -0.354 e. The van der Waals surface area contributed by atoms with E-state index in [9.17, 15) is 0 Å². The summed E-state index contributed by atoms with van der Waals surface area (Å²) < 4.78 is 0. The molecule has 2 rings (SSSR count). The molecule has 0 atom stereocenters. The summed E-state index contributed by atoms with van der Waals surface area (Å²) in [5, 5.41) is 7.59. The minimum atomic E-state index is 0.648. The van der Waals surface area contributed by atoms with Gasteiger partial charge in [0.1, 0.15) is 0 Å². The van der Waals surface area contributed by atoms with E-state index >= 15 is 0 Å². The lowest BCUT2D eigenvalue weighted by Crippen LogP contribution is -2.48. The summed E-state index contributed by atoms with van der Waals surface area (Å²) >= 11 is 0. The van der Waals surface area contributed by atoms with Gasteiger partial charge in [0, 0.05) is 18.6 Å². The van der Waals surface area contributed by atoms with Gasteiger partial charge in [-0.3, -0.25) is 4.99 Å². The van der Waals surface area contributed by atoms with Crippen molar-refractivity contribution >= 4 is 5.96 Å². The Morgan fingerprint density at radius 2 is 0.853 bits per heavy atom. The number of aliphatic imine (C=N–C) groups is 1. The van der Waals surface area contributed by atoms with Gasteiger partial charge < -0.3 is 10.6 Å². The molecule has 0 saturated heterocycles. The number of rotatable bonds is 19. The molecule has 0 unspecified atom stereocenters. The highest BCUT2D eigenvalue weighted by Gasteiger charge is 2.18. The number of nitrogens with one attached hydrogen (secondary N) is 2. The molecule has 2 aliphatic carbocycles. The molecule has 0 amide bonds. The molecule has 0 aliphatic heterocycles. The van der Waals surface area contributed by atoms with Gasteiger partial charge in [0.05, 0.1) is 0 Å². The van der Waals surface area contributed by atoms with Crippen LogP contribution in [-0.2, 0) is 0 Å². The molecule has 0 bridgehead atoms. The first-order chi connectivity index (χ1) is 16.9. The molecule has 2 N–H and O–H groups in total. The molecule has 34 heavy (non-hydrogen) atoms. The highest BCUT2D eigenvalue weighted by Crippen LogP contribution is 2.19. The Bertz CT molecular complexity index is 441. The highest BCUT2D eigenvalue weighted by molar-refractivity contribution is 5.80. The third-order valence-electron chi connectivity index (χ3n) is 8.17. The van der Waals surface area contributed by atoms with Crippen LogP contribution in [0.3, 0.4) is 0 Å². The third-order valence-corrected chi connectivity index (χ3v) is 8.17. The van der Waals surface area contributed by atoms with Gasteiger partial charge in [-0.25, -0.2) is 0 Å². The van der Waals surface area contributed by atoms with Crippen molar-refractivity contribution < 1.29 is 0 Å². The molecule has 2 aliphatic rings. The predicted molar refractivity (Wildman–Crippen MR) is 152 cm³/mol. The van der Waals surface area contributed by atoms with E-state index in [1.54, 1.807) is 0 Å². The summed E-state index contributed by atoms with van der Waals surface area (Å²) in [4.78, 5) is 5.01. The lowest BCUT2D eigenvalue weighted by Gasteiger charge is -2.29. The van der Waals surface area contributed by atoms with Crippen LogP contribution >= 0.6 is 0 Å². The van der Waals surface area contributed by atoms with E-state index in [-0.39, 0.29) is 0 Å². The van der Waals surface area contributed by atoms with Crippen LogP contribution in [0.5, 0.6) is 0 Å². The van der Waals surface area contributed by atoms with Crippen LogP contribution in [0.1, 0.15) is 174 Å². The maximum absolute atomic E-state index is 5.01. The third kappa shape index (κ3) is 16.0. The second kappa shape index (κ2) is 21.5. The van der Waals surface area contributed by atoms with Crippen molar-refractivity contribution in [3.63, 3.8) is 0 Å². The van der Waals surface area contributed by atoms with E-state index in [4.69, 9.17) is 4.99 Å². The Balaban J connectivity index is 1.44. The Morgan fingerprint density at radius 1 is 0.500 bits per heavy atom. The fraction of sp³-hybridized carbons (Fsp3) is 0.968. The molecule has 0 aromatic carbocycles. The summed E-state index contributed by atoms with van der Waals surface area (Å²) in [6, 6.07) is 1.30. The van der Waals surface area contributed by atoms with Gasteiger partial charge >= 0.3 is 0 Å². The van der Waals surface area contributed by atoms with Crippen molar-refractivity contribution in [1.82, 2.24) is 10.6 Å². The van der Waals surface area contributed by atoms with Crippen LogP contribution in [0.25, 0.3) is 0 Å². The normalized spacial score (nSPS) is 17.6. The summed E-state index contributed by atoms with van der Waals surface area (Å²) in [5.74, 6) is 1.12. The van der Waals surface area contributed by atoms with Crippen LogP contribution in [-0.4, -0.2) is 24.6 Å². The molecule has 3 nitrogen and oxygen atoms in total. The first-order valence-corrected chi connectivity index (χ1v) is 16.0. The van der Waals surface area contributed by atoms with Gasteiger partial charge in [-0.2, -0.15) is 0 Å². The number of hydrogen-bond acceptors (Lipinski definition) is 1. The van der Waals surface area contributed by atoms with Gasteiger partial charge in [0.15, 0.2) is 5.96 Å². The maximum Gasteiger partial charge on any atom is 0.191 e. The summed E-state index contributed by atoms with van der Waals surface area (Å²) in [5.41, 5.74) is 0. The SMILES string of the molecule is CCCCCCCCCCCCCCCCCCN=C(NC1CCCCC1)NC1CCCCC1. The van der Waals surface area contributed by atoms with Gasteiger partial charge in [0.2, 0.25) is 0 Å². The summed E-state index contributed by atoms with van der Waals surface area (Å²) in [7, 11) is 0. The Morgan fingerprint density at radius 3 is 1.24 bits per heavy atom. The number of guanidine groups is 1. The van der Waals surface area contributed by atoms with Gasteiger partial charge in [-0.15, -0.1) is 0 Å². The molecule has 0 spiro atoms. The minimum absolute atomic E-state index is 0.648. The van der Waals surface area contributed by atoms with Crippen molar-refractivity contribution in [1.29, 1.82) is 0 Å². The number of hydrogen-bond donors (Lipinski definition) is 2. The van der Waals surface area contributed by atoms with Crippen LogP contribution in [0, 0.1) is 0 Å². The maximum atomic E-state index is 5.01. The fourth-order valence-corrected chi connectivity index (χ4v) is 5.86. The average Bonchev–Trinajstić information content (AvgIpc) is 2.87. The molecule has 2 fully saturated rings. The van der Waals surface area contributed by atoms with Gasteiger partial charge in [0.25, 0.3) is 0 Å². The lowest BCUT2D eigenvalue weighted by atomic mass is 9.95. The van der Waals surface area contributed by atoms with Crippen LogP contribution in [0.4, 0.5) is 0 Å². The summed E-state index contributed by atoms with van der Waals surface area (Å²) in [6.45, 7) is 3.30. The van der Waals surface area contributed by atoms with Crippen LogP contribution in [0.2, 0.25) is 0 Å². The van der Waals surface area contributed by atoms with E-state index in [2.05, 4.69) is 17.6 Å². The van der Waals surface area contributed by atoms with E-state index in [1.807, 2.05) is 0 Å². The van der Waals surface area contributed by atoms with Crippen molar-refractivity contribution in [2.45, 2.75) is 186 Å². The standard InChI is InChI=1S/C31H61N3/c1-2-3-4-5-6-7-8-9-10-11-12-13-14-15-16-23-28-32-31(33-29-24-19-17-20-25-29)34-30-26-21-18-22-27-30/h29-30H,2-28H2,1H3,(H2,32,33,34). The number of unbranched alkanes of at least 4 members (excludes halogenated alkanes) is 15. The zero-order valence-electron chi connectivity index (χ0n) is 23.2. The molecule has 3 heteroatoms. The predicted octanol–water partition coefficient (Wildman–Crippen LogP) is 9.45. The molecule has 0 aromatic heterocycles. The second-order valence-corrected chi connectivity index (χ2v) is 11.5. The zero-order valence-corrected chi connectivity index (χ0v) is 23.2. The van der Waals surface area contributed by atoms with E-state index in [0.717, 1.165) is 12.5 Å². The molecule has 0 heterocycles. The average molecular weight is 476 g/mol. The van der Waals surface area contributed by atoms with Gasteiger partial charge in [-0.05, 0) is 32.1 Å². The quantitative estimate of drug-likeness (QED) is 0.111. The Labute approximate surface area is 214 Å². The first-order valence-electron chi connectivity index (χ1n) is 16.0. The smallest absolute Gasteiger partial charge is 0.191 e.